The first-order valence-corrected chi connectivity index (χ1v) is 7.40. The van der Waals surface area contributed by atoms with E-state index in [2.05, 4.69) is 28.4 Å². The number of ether oxygens (including phenoxy) is 1. The Bertz CT molecular complexity index is 379. The first-order chi connectivity index (χ1) is 9.31. The molecule has 0 saturated carbocycles. The van der Waals surface area contributed by atoms with Gasteiger partial charge in [-0.05, 0) is 63.5 Å². The molecule has 0 amide bonds. The molecule has 1 aliphatic heterocycles. The minimum absolute atomic E-state index is 0.734. The quantitative estimate of drug-likeness (QED) is 0.852. The molecule has 1 aliphatic rings. The monoisotopic (exact) mass is 262 g/mol. The summed E-state index contributed by atoms with van der Waals surface area (Å²) in [5.74, 6) is 1.79. The summed E-state index contributed by atoms with van der Waals surface area (Å²) in [5.41, 5.74) is 1.36. The van der Waals surface area contributed by atoms with Gasteiger partial charge < -0.3 is 10.1 Å². The number of hydrogen-bond donors (Lipinski definition) is 1. The lowest BCUT2D eigenvalue weighted by Gasteiger charge is -2.32. The topological polar surface area (TPSA) is 24.5 Å². The Labute approximate surface area is 116 Å². The fourth-order valence-corrected chi connectivity index (χ4v) is 2.91. The number of likely N-dealkylation sites (tertiary alicyclic amines) is 1. The van der Waals surface area contributed by atoms with E-state index in [1.165, 1.54) is 31.5 Å². The molecule has 106 valence electrons. The maximum Gasteiger partial charge on any atom is 0.119 e. The van der Waals surface area contributed by atoms with Gasteiger partial charge in [0.25, 0.3) is 0 Å². The van der Waals surface area contributed by atoms with E-state index < -0.39 is 0 Å². The predicted octanol–water partition coefficient (Wildman–Crippen LogP) is 2.52. The van der Waals surface area contributed by atoms with E-state index in [0.717, 1.165) is 31.4 Å². The van der Waals surface area contributed by atoms with E-state index in [-0.39, 0.29) is 0 Å². The fraction of sp³-hybridized carbons (Fsp3) is 0.625. The highest BCUT2D eigenvalue weighted by atomic mass is 16.5. The van der Waals surface area contributed by atoms with Crippen LogP contribution in [-0.4, -0.2) is 38.2 Å². The van der Waals surface area contributed by atoms with Crippen LogP contribution in [0.4, 0.5) is 0 Å². The van der Waals surface area contributed by atoms with Gasteiger partial charge in [-0.25, -0.2) is 0 Å². The zero-order valence-corrected chi connectivity index (χ0v) is 12.2. The lowest BCUT2D eigenvalue weighted by atomic mass is 9.97. The van der Waals surface area contributed by atoms with Crippen LogP contribution in [0.3, 0.4) is 0 Å². The minimum Gasteiger partial charge on any atom is -0.494 e. The normalized spacial score (nSPS) is 20.4. The van der Waals surface area contributed by atoms with Crippen molar-refractivity contribution >= 4 is 0 Å². The van der Waals surface area contributed by atoms with E-state index in [0.29, 0.717) is 0 Å². The van der Waals surface area contributed by atoms with Crippen LogP contribution in [0.1, 0.15) is 25.3 Å². The molecule has 1 aromatic carbocycles. The minimum atomic E-state index is 0.734. The Morgan fingerprint density at radius 2 is 2.32 bits per heavy atom. The van der Waals surface area contributed by atoms with Crippen LogP contribution in [0.15, 0.2) is 24.3 Å². The third-order valence-electron chi connectivity index (χ3n) is 3.71. The standard InChI is InChI=1S/C16H26N2O/c1-3-19-16-8-4-6-14(10-16)12-18-9-5-7-15(13-18)11-17-2/h4,6,8,10,15,17H,3,5,7,9,11-13H2,1-2H3. The van der Waals surface area contributed by atoms with E-state index in [1.807, 2.05) is 20.0 Å². The van der Waals surface area contributed by atoms with Gasteiger partial charge in [0.15, 0.2) is 0 Å². The molecule has 1 heterocycles. The van der Waals surface area contributed by atoms with Crippen molar-refractivity contribution < 1.29 is 4.74 Å². The SMILES string of the molecule is CCOc1cccc(CN2CCCC(CNC)C2)c1. The molecule has 0 bridgehead atoms. The van der Waals surface area contributed by atoms with Crippen molar-refractivity contribution in [2.75, 3.05) is 33.3 Å². The lowest BCUT2D eigenvalue weighted by Crippen LogP contribution is -2.38. The van der Waals surface area contributed by atoms with E-state index >= 15 is 0 Å². The summed E-state index contributed by atoms with van der Waals surface area (Å²) in [5, 5.41) is 3.30. The second-order valence-electron chi connectivity index (χ2n) is 5.38. The van der Waals surface area contributed by atoms with Gasteiger partial charge in [-0.15, -0.1) is 0 Å². The molecule has 0 aliphatic carbocycles. The number of benzene rings is 1. The van der Waals surface area contributed by atoms with Crippen molar-refractivity contribution in [1.82, 2.24) is 10.2 Å². The number of rotatable bonds is 6. The molecule has 19 heavy (non-hydrogen) atoms. The Kier molecular flexibility index (Phi) is 5.67. The third kappa shape index (κ3) is 4.51. The van der Waals surface area contributed by atoms with E-state index in [1.54, 1.807) is 0 Å². The highest BCUT2D eigenvalue weighted by Crippen LogP contribution is 2.20. The van der Waals surface area contributed by atoms with Crippen molar-refractivity contribution in [2.45, 2.75) is 26.3 Å². The summed E-state index contributed by atoms with van der Waals surface area (Å²) < 4.78 is 5.57. The lowest BCUT2D eigenvalue weighted by molar-refractivity contribution is 0.166. The van der Waals surface area contributed by atoms with Gasteiger partial charge in [0.1, 0.15) is 5.75 Å². The van der Waals surface area contributed by atoms with Crippen LogP contribution in [0, 0.1) is 5.92 Å². The maximum atomic E-state index is 5.57. The Hall–Kier alpha value is -1.06. The number of hydrogen-bond acceptors (Lipinski definition) is 3. The molecule has 1 aromatic rings. The molecule has 1 unspecified atom stereocenters. The molecule has 1 N–H and O–H groups in total. The van der Waals surface area contributed by atoms with Crippen LogP contribution in [0.2, 0.25) is 0 Å². The summed E-state index contributed by atoms with van der Waals surface area (Å²) in [7, 11) is 2.05. The average Bonchev–Trinajstić information content (AvgIpc) is 2.40. The molecule has 2 rings (SSSR count). The fourth-order valence-electron chi connectivity index (χ4n) is 2.91. The Morgan fingerprint density at radius 1 is 1.42 bits per heavy atom. The van der Waals surface area contributed by atoms with Crippen molar-refractivity contribution in [3.8, 4) is 5.75 Å². The van der Waals surface area contributed by atoms with Crippen LogP contribution in [0.5, 0.6) is 5.75 Å². The smallest absolute Gasteiger partial charge is 0.119 e. The van der Waals surface area contributed by atoms with Crippen LogP contribution in [-0.2, 0) is 6.54 Å². The average molecular weight is 262 g/mol. The molecular formula is C16H26N2O. The van der Waals surface area contributed by atoms with E-state index in [9.17, 15) is 0 Å². The molecule has 0 radical (unpaired) electrons. The van der Waals surface area contributed by atoms with Gasteiger partial charge in [-0.3, -0.25) is 4.90 Å². The maximum absolute atomic E-state index is 5.57. The number of nitrogens with one attached hydrogen (secondary N) is 1. The zero-order chi connectivity index (χ0) is 13.5. The van der Waals surface area contributed by atoms with Crippen molar-refractivity contribution in [2.24, 2.45) is 5.92 Å². The van der Waals surface area contributed by atoms with E-state index in [4.69, 9.17) is 4.74 Å². The molecule has 0 aromatic heterocycles. The molecule has 3 nitrogen and oxygen atoms in total. The summed E-state index contributed by atoms with van der Waals surface area (Å²) in [6, 6.07) is 8.50. The highest BCUT2D eigenvalue weighted by molar-refractivity contribution is 5.28. The molecule has 1 atom stereocenters. The third-order valence-corrected chi connectivity index (χ3v) is 3.71. The van der Waals surface area contributed by atoms with Gasteiger partial charge in [0.05, 0.1) is 6.61 Å². The van der Waals surface area contributed by atoms with Crippen LogP contribution in [0.25, 0.3) is 0 Å². The van der Waals surface area contributed by atoms with Gasteiger partial charge in [-0.1, -0.05) is 12.1 Å². The predicted molar refractivity (Wildman–Crippen MR) is 79.5 cm³/mol. The van der Waals surface area contributed by atoms with Crippen molar-refractivity contribution in [1.29, 1.82) is 0 Å². The van der Waals surface area contributed by atoms with Crippen LogP contribution >= 0.6 is 0 Å². The van der Waals surface area contributed by atoms with Crippen LogP contribution < -0.4 is 10.1 Å². The van der Waals surface area contributed by atoms with Gasteiger partial charge in [0.2, 0.25) is 0 Å². The highest BCUT2D eigenvalue weighted by Gasteiger charge is 2.19. The van der Waals surface area contributed by atoms with Gasteiger partial charge >= 0.3 is 0 Å². The molecule has 1 saturated heterocycles. The largest absolute Gasteiger partial charge is 0.494 e. The summed E-state index contributed by atoms with van der Waals surface area (Å²) >= 11 is 0. The van der Waals surface area contributed by atoms with Crippen molar-refractivity contribution in [3.63, 3.8) is 0 Å². The zero-order valence-electron chi connectivity index (χ0n) is 12.2. The Morgan fingerprint density at radius 3 is 3.11 bits per heavy atom. The summed E-state index contributed by atoms with van der Waals surface area (Å²) in [4.78, 5) is 2.57. The second kappa shape index (κ2) is 7.51. The second-order valence-corrected chi connectivity index (χ2v) is 5.38. The molecule has 0 spiro atoms. The van der Waals surface area contributed by atoms with Gasteiger partial charge in [0, 0.05) is 13.1 Å². The summed E-state index contributed by atoms with van der Waals surface area (Å²) in [6.07, 6.45) is 2.67. The number of nitrogens with zero attached hydrogens (tertiary/aromatic N) is 1. The molecular weight excluding hydrogens is 236 g/mol. The molecule has 1 fully saturated rings. The summed E-state index contributed by atoms with van der Waals surface area (Å²) in [6.45, 7) is 7.37. The molecule has 3 heteroatoms. The van der Waals surface area contributed by atoms with Gasteiger partial charge in [-0.2, -0.15) is 0 Å². The van der Waals surface area contributed by atoms with Crippen molar-refractivity contribution in [3.05, 3.63) is 29.8 Å². The number of piperidine rings is 1. The first-order valence-electron chi connectivity index (χ1n) is 7.40. The first kappa shape index (κ1) is 14.4. The Balaban J connectivity index is 1.90.